The largest absolute Gasteiger partial charge is 0.384 e. The van der Waals surface area contributed by atoms with Gasteiger partial charge in [-0.05, 0) is 74.8 Å². The molecule has 1 aromatic heterocycles. The van der Waals surface area contributed by atoms with E-state index in [0.29, 0.717) is 17.2 Å². The molecule has 2 aromatic rings. The van der Waals surface area contributed by atoms with Gasteiger partial charge in [0, 0.05) is 32.6 Å². The maximum Gasteiger partial charge on any atom is 0.287 e. The van der Waals surface area contributed by atoms with Gasteiger partial charge >= 0.3 is 0 Å². The fourth-order valence-electron chi connectivity index (χ4n) is 7.28. The molecule has 16 nitrogen and oxygen atoms in total. The van der Waals surface area contributed by atoms with Crippen LogP contribution in [0.5, 0.6) is 0 Å². The second-order valence-corrected chi connectivity index (χ2v) is 18.1. The molecule has 2 saturated heterocycles. The molecule has 0 bridgehead atoms. The molecule has 0 unspecified atom stereocenters. The van der Waals surface area contributed by atoms with E-state index in [9.17, 15) is 37.5 Å². The Bertz CT molecular complexity index is 1860. The van der Waals surface area contributed by atoms with Gasteiger partial charge in [0.05, 0.1) is 22.8 Å². The Morgan fingerprint density at radius 3 is 2.30 bits per heavy atom. The van der Waals surface area contributed by atoms with Gasteiger partial charge in [0.15, 0.2) is 0 Å². The summed E-state index contributed by atoms with van der Waals surface area (Å²) in [5.41, 5.74) is 2.91. The molecule has 18 heteroatoms. The van der Waals surface area contributed by atoms with Crippen LogP contribution >= 0.6 is 11.8 Å². The number of rotatable bonds is 12. The maximum absolute atomic E-state index is 14.7. The number of benzene rings is 1. The van der Waals surface area contributed by atoms with Gasteiger partial charge in [-0.2, -0.15) is 11.8 Å². The zero-order valence-corrected chi connectivity index (χ0v) is 32.1. The molecule has 5 rings (SSSR count). The van der Waals surface area contributed by atoms with Gasteiger partial charge in [-0.1, -0.05) is 37.3 Å². The number of thioether (sulfide) groups is 1. The van der Waals surface area contributed by atoms with E-state index >= 15 is 0 Å². The number of primary amides is 1. The molecule has 4 N–H and O–H groups in total. The van der Waals surface area contributed by atoms with Gasteiger partial charge in [-0.15, -0.1) is 5.10 Å². The standard InChI is InChI=1S/C35H48N8O8S2/c1-34(2,49)28-20-37-40-43(28)24-19-27(32(47)39-35(29(44)30(36)45)14-16-52-17-15-35)42(21-24)33(48)26(18-22-8-6-5-7-9-22)38-31(46)23-10-12-25(13-11-23)53(50,51)41(3)4/h10-13,20,22,24,27,49H,5-9,14-19,21H2,1-4H3,(H2,36,45)(H,39,47)/t24-,27-/m0/s1. The van der Waals surface area contributed by atoms with Gasteiger partial charge in [-0.25, -0.2) is 22.4 Å². The molecule has 2 atom stereocenters. The van der Waals surface area contributed by atoms with Gasteiger partial charge in [-0.3, -0.25) is 24.0 Å². The Labute approximate surface area is 313 Å². The van der Waals surface area contributed by atoms with E-state index in [0.717, 1.165) is 36.4 Å². The first-order valence-electron chi connectivity index (χ1n) is 17.8. The van der Waals surface area contributed by atoms with E-state index in [1.807, 2.05) is 0 Å². The predicted octanol–water partition coefficient (Wildman–Crippen LogP) is 1.59. The third-order valence-corrected chi connectivity index (χ3v) is 13.1. The Morgan fingerprint density at radius 1 is 1.08 bits per heavy atom. The van der Waals surface area contributed by atoms with Crippen molar-refractivity contribution < 1.29 is 37.5 Å². The molecule has 3 aliphatic rings. The first-order valence-corrected chi connectivity index (χ1v) is 20.4. The fourth-order valence-corrected chi connectivity index (χ4v) is 9.37. The number of sulfonamides is 1. The van der Waals surface area contributed by atoms with Crippen molar-refractivity contribution in [2.75, 3.05) is 32.1 Å². The molecule has 288 valence electrons. The topological polar surface area (TPSA) is 227 Å². The summed E-state index contributed by atoms with van der Waals surface area (Å²) in [5, 5.41) is 21.8. The zero-order chi connectivity index (χ0) is 38.7. The SMILES string of the molecule is CN(C)S(=O)(=O)c1ccc(C(=O)N=C(CC2CCCCC2)C(=O)N2C[C@@H](n3nncc3C(C)(C)O)C[C@H]2C(=O)NC2(C(=O)C(N)=O)CCSCC2)cc1. The second-order valence-electron chi connectivity index (χ2n) is 14.7. The van der Waals surface area contributed by atoms with E-state index in [1.54, 1.807) is 25.6 Å². The van der Waals surface area contributed by atoms with E-state index in [-0.39, 0.29) is 54.3 Å². The molecule has 3 heterocycles. The average Bonchev–Trinajstić information content (AvgIpc) is 3.80. The van der Waals surface area contributed by atoms with Crippen molar-refractivity contribution >= 4 is 56.9 Å². The highest BCUT2D eigenvalue weighted by atomic mass is 32.2. The minimum Gasteiger partial charge on any atom is -0.384 e. The highest BCUT2D eigenvalue weighted by Gasteiger charge is 2.49. The van der Waals surface area contributed by atoms with E-state index in [4.69, 9.17) is 5.73 Å². The Hall–Kier alpha value is -4.00. The van der Waals surface area contributed by atoms with Gasteiger partial charge in [0.2, 0.25) is 21.7 Å². The summed E-state index contributed by atoms with van der Waals surface area (Å²) in [6, 6.07) is 3.47. The normalized spacial score (nSPS) is 21.4. The molecule has 1 aliphatic carbocycles. The van der Waals surface area contributed by atoms with Gasteiger partial charge < -0.3 is 21.1 Å². The van der Waals surface area contributed by atoms with Crippen LogP contribution < -0.4 is 11.1 Å². The molecule has 1 saturated carbocycles. The summed E-state index contributed by atoms with van der Waals surface area (Å²) < 4.78 is 27.7. The van der Waals surface area contributed by atoms with Crippen molar-refractivity contribution in [3.05, 3.63) is 41.7 Å². The maximum atomic E-state index is 14.7. The number of aliphatic hydroxyl groups is 1. The minimum atomic E-state index is -3.75. The molecule has 1 aromatic carbocycles. The summed E-state index contributed by atoms with van der Waals surface area (Å²) in [5.74, 6) is -3.08. The quantitative estimate of drug-likeness (QED) is 0.207. The van der Waals surface area contributed by atoms with Crippen LogP contribution in [0.1, 0.15) is 93.7 Å². The van der Waals surface area contributed by atoms with Crippen molar-refractivity contribution in [2.24, 2.45) is 16.6 Å². The molecule has 3 fully saturated rings. The third-order valence-electron chi connectivity index (χ3n) is 10.3. The van der Waals surface area contributed by atoms with E-state index < -0.39 is 62.7 Å². The van der Waals surface area contributed by atoms with Crippen LogP contribution in [0.15, 0.2) is 40.4 Å². The van der Waals surface area contributed by atoms with Gasteiger partial charge in [0.1, 0.15) is 22.9 Å². The minimum absolute atomic E-state index is 0.0128. The lowest BCUT2D eigenvalue weighted by atomic mass is 9.85. The van der Waals surface area contributed by atoms with E-state index in [1.165, 1.54) is 54.1 Å². The molecular formula is C35H48N8O8S2. The summed E-state index contributed by atoms with van der Waals surface area (Å²) in [7, 11) is -0.952. The highest BCUT2D eigenvalue weighted by Crippen LogP contribution is 2.35. The lowest BCUT2D eigenvalue weighted by Gasteiger charge is -2.37. The lowest BCUT2D eigenvalue weighted by molar-refractivity contribution is -0.143. The van der Waals surface area contributed by atoms with Crippen LogP contribution in [0.3, 0.4) is 0 Å². The number of hydrogen-bond acceptors (Lipinski definition) is 11. The first kappa shape index (κ1) is 40.2. The summed E-state index contributed by atoms with van der Waals surface area (Å²) in [4.78, 5) is 73.6. The van der Waals surface area contributed by atoms with Crippen LogP contribution in [-0.2, 0) is 34.8 Å². The molecule has 0 spiro atoms. The second kappa shape index (κ2) is 16.2. The van der Waals surface area contributed by atoms with Crippen molar-refractivity contribution in [2.45, 2.75) is 99.8 Å². The molecule has 0 radical (unpaired) electrons. The first-order chi connectivity index (χ1) is 24.9. The van der Waals surface area contributed by atoms with Crippen LogP contribution in [-0.4, -0.2) is 117 Å². The number of amides is 4. The Morgan fingerprint density at radius 2 is 1.72 bits per heavy atom. The molecule has 4 amide bonds. The number of nitrogens with two attached hydrogens (primary N) is 1. The highest BCUT2D eigenvalue weighted by molar-refractivity contribution is 7.99. The summed E-state index contributed by atoms with van der Waals surface area (Å²) in [6.07, 6.45) is 6.58. The number of Topliss-reactive ketones (excluding diaryl/α,β-unsaturated/α-hetero) is 1. The molecule has 53 heavy (non-hydrogen) atoms. The number of nitrogens with one attached hydrogen (secondary N) is 1. The number of likely N-dealkylation sites (tertiary alicyclic amines) is 1. The number of carbonyl (C=O) groups excluding carboxylic acids is 5. The Kier molecular flexibility index (Phi) is 12.3. The number of aromatic nitrogens is 3. The van der Waals surface area contributed by atoms with E-state index in [2.05, 4.69) is 20.6 Å². The lowest BCUT2D eigenvalue weighted by Crippen LogP contribution is -2.63. The number of carbonyl (C=O) groups is 5. The number of hydrogen-bond donors (Lipinski definition) is 3. The molecular weight excluding hydrogens is 725 g/mol. The zero-order valence-electron chi connectivity index (χ0n) is 30.5. The number of aliphatic imine (C=N–C) groups is 1. The van der Waals surface area contributed by atoms with Crippen LogP contribution in [0, 0.1) is 5.92 Å². The monoisotopic (exact) mass is 772 g/mol. The van der Waals surface area contributed by atoms with Crippen molar-refractivity contribution in [1.82, 2.24) is 29.5 Å². The Balaban J connectivity index is 1.52. The smallest absolute Gasteiger partial charge is 0.287 e. The average molecular weight is 773 g/mol. The molecule has 2 aliphatic heterocycles. The van der Waals surface area contributed by atoms with Crippen LogP contribution in [0.25, 0.3) is 0 Å². The van der Waals surface area contributed by atoms with Crippen LogP contribution in [0.4, 0.5) is 0 Å². The predicted molar refractivity (Wildman–Crippen MR) is 196 cm³/mol. The van der Waals surface area contributed by atoms with Crippen molar-refractivity contribution in [1.29, 1.82) is 0 Å². The van der Waals surface area contributed by atoms with Crippen molar-refractivity contribution in [3.8, 4) is 0 Å². The van der Waals surface area contributed by atoms with Crippen molar-refractivity contribution in [3.63, 3.8) is 0 Å². The third kappa shape index (κ3) is 8.87. The number of nitrogens with zero attached hydrogens (tertiary/aromatic N) is 6. The number of ketones is 1. The van der Waals surface area contributed by atoms with Gasteiger partial charge in [0.25, 0.3) is 17.7 Å². The van der Waals surface area contributed by atoms with Crippen LogP contribution in [0.2, 0.25) is 0 Å². The fraction of sp³-hybridized carbons (Fsp3) is 0.600. The summed E-state index contributed by atoms with van der Waals surface area (Å²) >= 11 is 1.58. The summed E-state index contributed by atoms with van der Waals surface area (Å²) in [6.45, 7) is 3.06.